The van der Waals surface area contributed by atoms with E-state index in [9.17, 15) is 4.79 Å². The third kappa shape index (κ3) is 2.78. The number of nitrogens with zero attached hydrogens (tertiary/aromatic N) is 4. The van der Waals surface area contributed by atoms with Crippen LogP contribution in [0.5, 0.6) is 0 Å². The van der Waals surface area contributed by atoms with Gasteiger partial charge in [-0.1, -0.05) is 24.3 Å². The highest BCUT2D eigenvalue weighted by atomic mass is 16.4. The second-order valence-corrected chi connectivity index (χ2v) is 4.78. The average Bonchev–Trinajstić information content (AvgIpc) is 2.97. The number of anilines is 1. The fourth-order valence-corrected chi connectivity index (χ4v) is 2.15. The number of nitrogen functional groups attached to an aromatic ring is 1. The van der Waals surface area contributed by atoms with Gasteiger partial charge in [0.15, 0.2) is 5.82 Å². The van der Waals surface area contributed by atoms with Crippen molar-refractivity contribution >= 4 is 11.7 Å². The molecule has 3 N–H and O–H groups in total. The third-order valence-corrected chi connectivity index (χ3v) is 3.15. The van der Waals surface area contributed by atoms with Crippen molar-refractivity contribution < 1.29 is 9.90 Å². The molecule has 7 nitrogen and oxygen atoms in total. The number of benzene rings is 2. The van der Waals surface area contributed by atoms with Gasteiger partial charge in [0.25, 0.3) is 0 Å². The molecule has 0 saturated carbocycles. The van der Waals surface area contributed by atoms with Crippen LogP contribution >= 0.6 is 0 Å². The molecule has 22 heavy (non-hydrogen) atoms. The summed E-state index contributed by atoms with van der Waals surface area (Å²) in [6.45, 7) is 0. The minimum absolute atomic E-state index is 0.0159. The summed E-state index contributed by atoms with van der Waals surface area (Å²) in [6.07, 6.45) is -0.0159. The normalized spacial score (nSPS) is 10.5. The monoisotopic (exact) mass is 295 g/mol. The van der Waals surface area contributed by atoms with E-state index in [0.29, 0.717) is 11.5 Å². The maximum Gasteiger partial charge on any atom is 0.307 e. The van der Waals surface area contributed by atoms with Crippen molar-refractivity contribution in [3.8, 4) is 17.1 Å². The van der Waals surface area contributed by atoms with Gasteiger partial charge in [-0.25, -0.2) is 0 Å². The number of carboxylic acids is 1. The van der Waals surface area contributed by atoms with E-state index in [1.54, 1.807) is 41.1 Å². The summed E-state index contributed by atoms with van der Waals surface area (Å²) in [7, 11) is 0. The molecule has 0 aliphatic carbocycles. The summed E-state index contributed by atoms with van der Waals surface area (Å²) in [5.41, 5.74) is 8.68. The van der Waals surface area contributed by atoms with Crippen molar-refractivity contribution in [2.24, 2.45) is 0 Å². The summed E-state index contributed by atoms with van der Waals surface area (Å²) in [4.78, 5) is 10.7. The lowest BCUT2D eigenvalue weighted by molar-refractivity contribution is -0.136. The van der Waals surface area contributed by atoms with Crippen LogP contribution in [0.4, 0.5) is 5.69 Å². The third-order valence-electron chi connectivity index (χ3n) is 3.15. The van der Waals surface area contributed by atoms with Gasteiger partial charge in [-0.3, -0.25) is 4.79 Å². The Morgan fingerprint density at radius 1 is 1.18 bits per heavy atom. The van der Waals surface area contributed by atoms with Crippen LogP contribution in [0.3, 0.4) is 0 Å². The maximum atomic E-state index is 10.7. The highest BCUT2D eigenvalue weighted by Crippen LogP contribution is 2.21. The molecule has 0 bridgehead atoms. The Bertz CT molecular complexity index is 811. The first-order chi connectivity index (χ1) is 10.6. The van der Waals surface area contributed by atoms with Crippen LogP contribution < -0.4 is 5.73 Å². The van der Waals surface area contributed by atoms with Crippen molar-refractivity contribution in [3.05, 3.63) is 54.1 Å². The van der Waals surface area contributed by atoms with Crippen LogP contribution in [0.2, 0.25) is 0 Å². The number of nitrogens with two attached hydrogens (primary N) is 1. The summed E-state index contributed by atoms with van der Waals surface area (Å²) >= 11 is 0. The Balaban J connectivity index is 1.96. The lowest BCUT2D eigenvalue weighted by Gasteiger charge is -2.06. The molecule has 0 atom stereocenters. The molecule has 110 valence electrons. The minimum atomic E-state index is -0.865. The fraction of sp³-hybridized carbons (Fsp3) is 0.0667. The molecular weight excluding hydrogens is 282 g/mol. The van der Waals surface area contributed by atoms with E-state index in [1.807, 2.05) is 12.1 Å². The smallest absolute Gasteiger partial charge is 0.307 e. The number of rotatable bonds is 4. The van der Waals surface area contributed by atoms with E-state index in [0.717, 1.165) is 16.8 Å². The zero-order valence-corrected chi connectivity index (χ0v) is 11.5. The van der Waals surface area contributed by atoms with Crippen LogP contribution in [-0.2, 0) is 11.2 Å². The average molecular weight is 295 g/mol. The molecule has 1 heterocycles. The molecule has 3 aromatic rings. The van der Waals surface area contributed by atoms with Crippen molar-refractivity contribution in [1.82, 2.24) is 20.2 Å². The van der Waals surface area contributed by atoms with Crippen LogP contribution in [-0.4, -0.2) is 31.3 Å². The van der Waals surface area contributed by atoms with Gasteiger partial charge in [0, 0.05) is 11.3 Å². The Morgan fingerprint density at radius 2 is 1.95 bits per heavy atom. The van der Waals surface area contributed by atoms with E-state index in [4.69, 9.17) is 10.8 Å². The predicted molar refractivity (Wildman–Crippen MR) is 80.3 cm³/mol. The van der Waals surface area contributed by atoms with Gasteiger partial charge in [-0.2, -0.15) is 4.68 Å². The molecule has 0 aliphatic rings. The molecule has 0 spiro atoms. The highest BCUT2D eigenvalue weighted by Gasteiger charge is 2.11. The first-order valence-corrected chi connectivity index (χ1v) is 6.59. The number of hydrogen-bond donors (Lipinski definition) is 2. The molecule has 1 aromatic heterocycles. The zero-order chi connectivity index (χ0) is 15.5. The number of aromatic nitrogens is 4. The molecule has 0 aliphatic heterocycles. The molecule has 3 rings (SSSR count). The predicted octanol–water partition coefficient (Wildman–Crippen LogP) is 1.54. The molecule has 0 amide bonds. The molecule has 0 saturated heterocycles. The summed E-state index contributed by atoms with van der Waals surface area (Å²) < 4.78 is 1.58. The van der Waals surface area contributed by atoms with Crippen LogP contribution in [0.15, 0.2) is 48.5 Å². The highest BCUT2D eigenvalue weighted by molar-refractivity contribution is 5.70. The van der Waals surface area contributed by atoms with Gasteiger partial charge < -0.3 is 10.8 Å². The van der Waals surface area contributed by atoms with Crippen molar-refractivity contribution in [3.63, 3.8) is 0 Å². The van der Waals surface area contributed by atoms with Gasteiger partial charge in [-0.15, -0.1) is 5.10 Å². The topological polar surface area (TPSA) is 107 Å². The standard InChI is InChI=1S/C15H13N5O2/c16-12-3-1-2-11(9-12)15-17-18-19-20(15)13-6-4-10(5-7-13)8-14(21)22/h1-7,9H,8,16H2,(H,21,22). The van der Waals surface area contributed by atoms with E-state index in [-0.39, 0.29) is 6.42 Å². The summed E-state index contributed by atoms with van der Waals surface area (Å²) in [5.74, 6) is -0.297. The van der Waals surface area contributed by atoms with Gasteiger partial charge in [-0.05, 0) is 40.3 Å². The molecule has 0 radical (unpaired) electrons. The largest absolute Gasteiger partial charge is 0.481 e. The zero-order valence-electron chi connectivity index (χ0n) is 11.5. The minimum Gasteiger partial charge on any atom is -0.481 e. The molecule has 0 fully saturated rings. The van der Waals surface area contributed by atoms with Crippen LogP contribution in [0.25, 0.3) is 17.1 Å². The van der Waals surface area contributed by atoms with Crippen LogP contribution in [0, 0.1) is 0 Å². The van der Waals surface area contributed by atoms with Crippen molar-refractivity contribution in [1.29, 1.82) is 0 Å². The number of carboxylic acid groups (broad SMARTS) is 1. The molecule has 0 unspecified atom stereocenters. The van der Waals surface area contributed by atoms with E-state index in [2.05, 4.69) is 15.5 Å². The molecular formula is C15H13N5O2. The lowest BCUT2D eigenvalue weighted by atomic mass is 10.1. The number of carbonyl (C=O) groups is 1. The van der Waals surface area contributed by atoms with Gasteiger partial charge >= 0.3 is 5.97 Å². The number of hydrogen-bond acceptors (Lipinski definition) is 5. The van der Waals surface area contributed by atoms with Crippen LogP contribution in [0.1, 0.15) is 5.56 Å². The van der Waals surface area contributed by atoms with Gasteiger partial charge in [0.1, 0.15) is 0 Å². The summed E-state index contributed by atoms with van der Waals surface area (Å²) in [6, 6.07) is 14.3. The Hall–Kier alpha value is -3.22. The van der Waals surface area contributed by atoms with E-state index >= 15 is 0 Å². The first-order valence-electron chi connectivity index (χ1n) is 6.59. The fourth-order valence-electron chi connectivity index (χ4n) is 2.15. The second-order valence-electron chi connectivity index (χ2n) is 4.78. The molecule has 2 aromatic carbocycles. The Kier molecular flexibility index (Phi) is 3.53. The quantitative estimate of drug-likeness (QED) is 0.707. The van der Waals surface area contributed by atoms with E-state index in [1.165, 1.54) is 0 Å². The second kappa shape index (κ2) is 5.65. The van der Waals surface area contributed by atoms with E-state index < -0.39 is 5.97 Å². The number of tetrazole rings is 1. The SMILES string of the molecule is Nc1cccc(-c2nnnn2-c2ccc(CC(=O)O)cc2)c1. The van der Waals surface area contributed by atoms with Gasteiger partial charge in [0.05, 0.1) is 12.1 Å². The Labute approximate surface area is 126 Å². The first kappa shape index (κ1) is 13.7. The van der Waals surface area contributed by atoms with Crippen molar-refractivity contribution in [2.45, 2.75) is 6.42 Å². The van der Waals surface area contributed by atoms with Gasteiger partial charge in [0.2, 0.25) is 0 Å². The maximum absolute atomic E-state index is 10.7. The summed E-state index contributed by atoms with van der Waals surface area (Å²) in [5, 5.41) is 20.5. The Morgan fingerprint density at radius 3 is 2.64 bits per heavy atom. The van der Waals surface area contributed by atoms with Crippen molar-refractivity contribution in [2.75, 3.05) is 5.73 Å². The number of aliphatic carboxylic acids is 1. The molecule has 7 heteroatoms. The lowest BCUT2D eigenvalue weighted by Crippen LogP contribution is -2.02.